The summed E-state index contributed by atoms with van der Waals surface area (Å²) in [4.78, 5) is 37.3. The van der Waals surface area contributed by atoms with E-state index in [-0.39, 0.29) is 24.3 Å². The molecular formula is C20H20N2O4S. The zero-order valence-electron chi connectivity index (χ0n) is 15.0. The molecule has 0 fully saturated rings. The molecule has 0 spiro atoms. The van der Waals surface area contributed by atoms with Gasteiger partial charge in [-0.2, -0.15) is 0 Å². The number of esters is 1. The quantitative estimate of drug-likeness (QED) is 0.768. The van der Waals surface area contributed by atoms with Crippen molar-refractivity contribution in [1.82, 2.24) is 0 Å². The molecule has 1 aliphatic rings. The first-order valence-electron chi connectivity index (χ1n) is 8.60. The second kappa shape index (κ2) is 8.26. The van der Waals surface area contributed by atoms with E-state index in [1.807, 2.05) is 24.3 Å². The Hall–Kier alpha value is -2.80. The molecule has 3 rings (SSSR count). The molecule has 1 aliphatic heterocycles. The van der Waals surface area contributed by atoms with E-state index in [1.165, 1.54) is 11.8 Å². The maximum Gasteiger partial charge on any atom is 0.338 e. The van der Waals surface area contributed by atoms with Crippen molar-refractivity contribution in [2.24, 2.45) is 0 Å². The number of hydrogen-bond acceptors (Lipinski definition) is 5. The lowest BCUT2D eigenvalue weighted by Gasteiger charge is -2.23. The summed E-state index contributed by atoms with van der Waals surface area (Å²) in [7, 11) is 0. The van der Waals surface area contributed by atoms with Crippen LogP contribution in [-0.2, 0) is 14.3 Å². The predicted octanol–water partition coefficient (Wildman–Crippen LogP) is 3.69. The van der Waals surface area contributed by atoms with Crippen LogP contribution < -0.4 is 10.6 Å². The van der Waals surface area contributed by atoms with Crippen molar-refractivity contribution in [3.63, 3.8) is 0 Å². The van der Waals surface area contributed by atoms with Gasteiger partial charge in [-0.15, -0.1) is 11.8 Å². The molecule has 1 heterocycles. The van der Waals surface area contributed by atoms with E-state index in [0.717, 1.165) is 10.6 Å². The predicted molar refractivity (Wildman–Crippen MR) is 105 cm³/mol. The molecule has 0 unspecified atom stereocenters. The standard InChI is InChI=1S/C20H20N2O4S/c1-12(2)26-20(25)13-7-9-14(10-8-13)21-18(23)11-17-19(24)22-15-5-3-4-6-16(15)27-17/h3-10,12,17H,11H2,1-2H3,(H,21,23)(H,22,24)/t17-/m1/s1. The number of amides is 2. The summed E-state index contributed by atoms with van der Waals surface area (Å²) in [6.07, 6.45) is -0.136. The Morgan fingerprint density at radius 1 is 1.15 bits per heavy atom. The van der Waals surface area contributed by atoms with Gasteiger partial charge in [-0.3, -0.25) is 9.59 Å². The first-order valence-corrected chi connectivity index (χ1v) is 9.48. The summed E-state index contributed by atoms with van der Waals surface area (Å²) in [6, 6.07) is 14.0. The van der Waals surface area contributed by atoms with Crippen molar-refractivity contribution < 1.29 is 19.1 Å². The maximum atomic E-state index is 12.3. The fourth-order valence-electron chi connectivity index (χ4n) is 2.58. The van der Waals surface area contributed by atoms with Gasteiger partial charge >= 0.3 is 5.97 Å². The number of carbonyl (C=O) groups is 3. The van der Waals surface area contributed by atoms with Gasteiger partial charge < -0.3 is 15.4 Å². The monoisotopic (exact) mass is 384 g/mol. The number of carbonyl (C=O) groups excluding carboxylic acids is 3. The Morgan fingerprint density at radius 2 is 1.85 bits per heavy atom. The lowest BCUT2D eigenvalue weighted by molar-refractivity contribution is -0.120. The van der Waals surface area contributed by atoms with Gasteiger partial charge in [0.25, 0.3) is 0 Å². The molecule has 2 aromatic rings. The van der Waals surface area contributed by atoms with Crippen LogP contribution in [0.3, 0.4) is 0 Å². The van der Waals surface area contributed by atoms with Crippen LogP contribution in [0.2, 0.25) is 0 Å². The first kappa shape index (κ1) is 19.0. The molecule has 1 atom stereocenters. The number of rotatable bonds is 5. The van der Waals surface area contributed by atoms with Crippen LogP contribution >= 0.6 is 11.8 Å². The number of nitrogens with one attached hydrogen (secondary N) is 2. The van der Waals surface area contributed by atoms with Crippen LogP contribution in [0.15, 0.2) is 53.4 Å². The van der Waals surface area contributed by atoms with Gasteiger partial charge in [0.1, 0.15) is 0 Å². The fourth-order valence-corrected chi connectivity index (χ4v) is 3.69. The van der Waals surface area contributed by atoms with Crippen molar-refractivity contribution in [1.29, 1.82) is 0 Å². The smallest absolute Gasteiger partial charge is 0.338 e. The number of thioether (sulfide) groups is 1. The molecule has 0 radical (unpaired) electrons. The minimum Gasteiger partial charge on any atom is -0.459 e. The number of ether oxygens (including phenoxy) is 1. The van der Waals surface area contributed by atoms with Crippen molar-refractivity contribution >= 4 is 40.9 Å². The Bertz CT molecular complexity index is 865. The van der Waals surface area contributed by atoms with Gasteiger partial charge in [0, 0.05) is 17.0 Å². The van der Waals surface area contributed by atoms with Gasteiger partial charge in [0.15, 0.2) is 0 Å². The second-order valence-electron chi connectivity index (χ2n) is 6.38. The van der Waals surface area contributed by atoms with Crippen molar-refractivity contribution in [2.75, 3.05) is 10.6 Å². The van der Waals surface area contributed by atoms with Crippen LogP contribution in [0, 0.1) is 0 Å². The van der Waals surface area contributed by atoms with E-state index < -0.39 is 11.2 Å². The number of fused-ring (bicyclic) bond motifs is 1. The summed E-state index contributed by atoms with van der Waals surface area (Å²) in [5.41, 5.74) is 1.75. The number of benzene rings is 2. The Kier molecular flexibility index (Phi) is 5.81. The molecule has 0 bridgehead atoms. The van der Waals surface area contributed by atoms with E-state index in [1.54, 1.807) is 38.1 Å². The molecule has 2 aromatic carbocycles. The summed E-state index contributed by atoms with van der Waals surface area (Å²) >= 11 is 1.38. The van der Waals surface area contributed by atoms with Crippen LogP contribution in [0.4, 0.5) is 11.4 Å². The molecular weight excluding hydrogens is 364 g/mol. The zero-order chi connectivity index (χ0) is 19.4. The highest BCUT2D eigenvalue weighted by Gasteiger charge is 2.28. The third-order valence-corrected chi connectivity index (χ3v) is 5.10. The van der Waals surface area contributed by atoms with Gasteiger partial charge in [0.05, 0.1) is 22.6 Å². The van der Waals surface area contributed by atoms with Crippen molar-refractivity contribution in [3.05, 3.63) is 54.1 Å². The molecule has 7 heteroatoms. The Labute approximate surface area is 161 Å². The number of hydrogen-bond donors (Lipinski definition) is 2. The highest BCUT2D eigenvalue weighted by atomic mass is 32.2. The maximum absolute atomic E-state index is 12.3. The average molecular weight is 384 g/mol. The van der Waals surface area contributed by atoms with E-state index in [9.17, 15) is 14.4 Å². The minimum atomic E-state index is -0.486. The number of anilines is 2. The van der Waals surface area contributed by atoms with Crippen LogP contribution in [0.5, 0.6) is 0 Å². The minimum absolute atomic E-state index is 0.0575. The second-order valence-corrected chi connectivity index (χ2v) is 7.62. The first-order chi connectivity index (χ1) is 12.9. The van der Waals surface area contributed by atoms with Crippen molar-refractivity contribution in [3.8, 4) is 0 Å². The lowest BCUT2D eigenvalue weighted by Crippen LogP contribution is -2.32. The highest BCUT2D eigenvalue weighted by Crippen LogP contribution is 2.36. The molecule has 0 saturated heterocycles. The van der Waals surface area contributed by atoms with Gasteiger partial charge in [-0.1, -0.05) is 12.1 Å². The van der Waals surface area contributed by atoms with E-state index in [4.69, 9.17) is 4.74 Å². The molecule has 2 amide bonds. The third-order valence-electron chi connectivity index (χ3n) is 3.82. The Morgan fingerprint density at radius 3 is 2.56 bits per heavy atom. The van der Waals surface area contributed by atoms with Crippen LogP contribution in [0.1, 0.15) is 30.6 Å². The topological polar surface area (TPSA) is 84.5 Å². The summed E-state index contributed by atoms with van der Waals surface area (Å²) in [5, 5.41) is 5.09. The SMILES string of the molecule is CC(C)OC(=O)c1ccc(NC(=O)C[C@H]2Sc3ccccc3NC2=O)cc1. The van der Waals surface area contributed by atoms with Crippen LogP contribution in [-0.4, -0.2) is 29.1 Å². The van der Waals surface area contributed by atoms with Crippen LogP contribution in [0.25, 0.3) is 0 Å². The molecule has 2 N–H and O–H groups in total. The molecule has 27 heavy (non-hydrogen) atoms. The van der Waals surface area contributed by atoms with Gasteiger partial charge in [0.2, 0.25) is 11.8 Å². The average Bonchev–Trinajstić information content (AvgIpc) is 2.62. The molecule has 0 aliphatic carbocycles. The summed E-state index contributed by atoms with van der Waals surface area (Å²) in [5.74, 6) is -0.850. The van der Waals surface area contributed by atoms with E-state index >= 15 is 0 Å². The normalized spacial score (nSPS) is 15.7. The Balaban J connectivity index is 1.58. The largest absolute Gasteiger partial charge is 0.459 e. The van der Waals surface area contributed by atoms with Gasteiger partial charge in [-0.25, -0.2) is 4.79 Å². The van der Waals surface area contributed by atoms with Crippen molar-refractivity contribution in [2.45, 2.75) is 36.5 Å². The molecule has 0 saturated carbocycles. The zero-order valence-corrected chi connectivity index (χ0v) is 15.8. The summed E-state index contributed by atoms with van der Waals surface area (Å²) < 4.78 is 5.12. The molecule has 6 nitrogen and oxygen atoms in total. The fraction of sp³-hybridized carbons (Fsp3) is 0.250. The summed E-state index contributed by atoms with van der Waals surface area (Å²) in [6.45, 7) is 3.56. The highest BCUT2D eigenvalue weighted by molar-refractivity contribution is 8.01. The third kappa shape index (κ3) is 4.89. The number of para-hydroxylation sites is 1. The lowest BCUT2D eigenvalue weighted by atomic mass is 10.2. The van der Waals surface area contributed by atoms with Gasteiger partial charge in [-0.05, 0) is 50.2 Å². The molecule has 0 aromatic heterocycles. The molecule has 140 valence electrons. The van der Waals surface area contributed by atoms with E-state index in [2.05, 4.69) is 10.6 Å². The van der Waals surface area contributed by atoms with E-state index in [0.29, 0.717) is 11.3 Å².